The highest BCUT2D eigenvalue weighted by Gasteiger charge is 2.07. The fourth-order valence-electron chi connectivity index (χ4n) is 0.923. The number of hydrogen-bond acceptors (Lipinski definition) is 4. The summed E-state index contributed by atoms with van der Waals surface area (Å²) >= 11 is 0. The molecule has 0 aromatic heterocycles. The molecule has 0 saturated heterocycles. The topological polar surface area (TPSA) is 84.2 Å². The Bertz CT molecular complexity index is 330. The van der Waals surface area contributed by atoms with Gasteiger partial charge in [-0.15, -0.1) is 0 Å². The molecule has 1 unspecified atom stereocenters. The van der Waals surface area contributed by atoms with E-state index in [1.54, 1.807) is 24.3 Å². The molecule has 0 aliphatic heterocycles. The van der Waals surface area contributed by atoms with Crippen LogP contribution in [0.1, 0.15) is 0 Å². The molecule has 5 nitrogen and oxygen atoms in total. The van der Waals surface area contributed by atoms with Gasteiger partial charge in [0.1, 0.15) is 7.80 Å². The molecule has 0 bridgehead atoms. The average molecular weight is 243 g/mol. The molecule has 0 heterocycles. The normalized spacial score (nSPS) is 10.9. The summed E-state index contributed by atoms with van der Waals surface area (Å²) in [7, 11) is 1.73. The van der Waals surface area contributed by atoms with Gasteiger partial charge in [-0.2, -0.15) is 0 Å². The predicted octanol–water partition coefficient (Wildman–Crippen LogP) is -0.303. The second-order valence-electron chi connectivity index (χ2n) is 3.03. The van der Waals surface area contributed by atoms with E-state index in [9.17, 15) is 9.36 Å². The lowest BCUT2D eigenvalue weighted by atomic mass is 10.4. The molecule has 1 amide bonds. The molecule has 1 rings (SSSR count). The second-order valence-corrected chi connectivity index (χ2v) is 4.81. The molecule has 4 N–H and O–H groups in total. The van der Waals surface area contributed by atoms with E-state index < -0.39 is 13.7 Å². The van der Waals surface area contributed by atoms with Gasteiger partial charge in [-0.3, -0.25) is 10.2 Å². The van der Waals surface area contributed by atoms with E-state index in [0.717, 1.165) is 0 Å². The van der Waals surface area contributed by atoms with Gasteiger partial charge in [0.25, 0.3) is 0 Å². The monoisotopic (exact) mass is 243 g/mol. The van der Waals surface area contributed by atoms with Crippen LogP contribution >= 0.6 is 7.80 Å². The maximum Gasteiger partial charge on any atom is 0.241 e. The smallest absolute Gasteiger partial charge is 0.241 e. The minimum Gasteiger partial charge on any atom is -0.323 e. The van der Waals surface area contributed by atoms with Crippen molar-refractivity contribution < 1.29 is 9.36 Å². The summed E-state index contributed by atoms with van der Waals surface area (Å²) in [6, 6.07) is 8.90. The lowest BCUT2D eigenvalue weighted by molar-refractivity contribution is -0.118. The summed E-state index contributed by atoms with van der Waals surface area (Å²) in [5.74, 6) is 4.48. The van der Waals surface area contributed by atoms with Crippen molar-refractivity contribution in [2.75, 3.05) is 20.3 Å². The average Bonchev–Trinajstić information content (AvgIpc) is 2.31. The van der Waals surface area contributed by atoms with Gasteiger partial charge in [0, 0.05) is 5.30 Å². The van der Waals surface area contributed by atoms with Crippen LogP contribution in [0.5, 0.6) is 0 Å². The predicted molar refractivity (Wildman–Crippen MR) is 67.3 cm³/mol. The minimum absolute atomic E-state index is 0.0226. The molecule has 1 aromatic carbocycles. The fraction of sp³-hybridized carbons (Fsp3) is 0.300. The van der Waals surface area contributed by atoms with E-state index >= 15 is 0 Å². The van der Waals surface area contributed by atoms with E-state index in [-0.39, 0.29) is 6.16 Å². The first kappa shape index (κ1) is 14.8. The molecule has 0 fully saturated rings. The van der Waals surface area contributed by atoms with E-state index in [1.165, 1.54) is 0 Å². The van der Waals surface area contributed by atoms with Gasteiger partial charge in [0.05, 0.1) is 6.16 Å². The number of hydrazine groups is 1. The summed E-state index contributed by atoms with van der Waals surface area (Å²) in [5, 5.41) is 3.45. The summed E-state index contributed by atoms with van der Waals surface area (Å²) in [5.41, 5.74) is 1.95. The van der Waals surface area contributed by atoms with Crippen molar-refractivity contribution in [3.8, 4) is 0 Å². The Morgan fingerprint density at radius 2 is 1.81 bits per heavy atom. The number of hydrogen-bond donors (Lipinski definition) is 3. The Labute approximate surface area is 96.2 Å². The zero-order valence-corrected chi connectivity index (χ0v) is 10.5. The number of carbonyl (C=O) groups is 1. The first-order valence-corrected chi connectivity index (χ1v) is 6.43. The van der Waals surface area contributed by atoms with Gasteiger partial charge < -0.3 is 9.88 Å². The molecule has 1 aromatic rings. The van der Waals surface area contributed by atoms with Gasteiger partial charge in [0.2, 0.25) is 5.91 Å². The molecule has 6 heteroatoms. The van der Waals surface area contributed by atoms with Crippen LogP contribution in [0.15, 0.2) is 30.3 Å². The number of benzene rings is 1. The van der Waals surface area contributed by atoms with Crippen LogP contribution < -0.4 is 21.9 Å². The van der Waals surface area contributed by atoms with E-state index in [0.29, 0.717) is 5.30 Å². The Morgan fingerprint density at radius 1 is 1.31 bits per heavy atom. The molecule has 0 spiro atoms. The van der Waals surface area contributed by atoms with Crippen LogP contribution in [0.3, 0.4) is 0 Å². The molecule has 0 aliphatic carbocycles. The fourth-order valence-corrected chi connectivity index (χ4v) is 2.09. The van der Waals surface area contributed by atoms with Crippen molar-refractivity contribution in [3.05, 3.63) is 30.3 Å². The number of nitrogens with one attached hydrogen (secondary N) is 2. The molecule has 1 atom stereocenters. The Morgan fingerprint density at radius 3 is 2.25 bits per heavy atom. The van der Waals surface area contributed by atoms with Crippen LogP contribution in [0.4, 0.5) is 0 Å². The highest BCUT2D eigenvalue weighted by atomic mass is 31.1. The summed E-state index contributed by atoms with van der Waals surface area (Å²) in [6.45, 7) is 0. The van der Waals surface area contributed by atoms with E-state index in [2.05, 4.69) is 5.32 Å². The van der Waals surface area contributed by atoms with Crippen LogP contribution in [-0.4, -0.2) is 26.2 Å². The molecule has 0 saturated carbocycles. The molecule has 0 aliphatic rings. The van der Waals surface area contributed by atoms with Gasteiger partial charge >= 0.3 is 0 Å². The Hall–Kier alpha value is -1.16. The van der Waals surface area contributed by atoms with E-state index in [1.807, 2.05) is 25.6 Å². The van der Waals surface area contributed by atoms with Gasteiger partial charge in [0.15, 0.2) is 0 Å². The highest BCUT2D eigenvalue weighted by molar-refractivity contribution is 7.54. The number of amides is 1. The maximum absolute atomic E-state index is 11.5. The van der Waals surface area contributed by atoms with Gasteiger partial charge in [-0.1, -0.05) is 30.3 Å². The van der Waals surface area contributed by atoms with Crippen molar-refractivity contribution in [1.82, 2.24) is 10.7 Å². The number of carbonyl (C=O) groups excluding carboxylic acids is 1. The van der Waals surface area contributed by atoms with Crippen LogP contribution in [0.25, 0.3) is 0 Å². The number of rotatable bonds is 3. The van der Waals surface area contributed by atoms with Crippen LogP contribution in [0, 0.1) is 0 Å². The van der Waals surface area contributed by atoms with Crippen molar-refractivity contribution in [3.63, 3.8) is 0 Å². The Kier molecular flexibility index (Phi) is 8.43. The standard InChI is InChI=1S/C8H11N2O2P.C2H7N/c9-10-8(11)6-13(12)7-4-2-1-3-5-7;1-3-2/h1-5,13H,6,9H2,(H,10,11);3H,1-2H3. The quantitative estimate of drug-likeness (QED) is 0.294. The van der Waals surface area contributed by atoms with Crippen molar-refractivity contribution >= 4 is 19.0 Å². The van der Waals surface area contributed by atoms with Crippen molar-refractivity contribution in [1.29, 1.82) is 0 Å². The lowest BCUT2D eigenvalue weighted by Gasteiger charge is -2.00. The summed E-state index contributed by atoms with van der Waals surface area (Å²) < 4.78 is 11.5. The van der Waals surface area contributed by atoms with Crippen molar-refractivity contribution in [2.45, 2.75) is 0 Å². The Balaban J connectivity index is 0.000000673. The van der Waals surface area contributed by atoms with Crippen molar-refractivity contribution in [2.24, 2.45) is 5.84 Å². The first-order valence-electron chi connectivity index (χ1n) is 4.81. The molecule has 0 radical (unpaired) electrons. The zero-order chi connectivity index (χ0) is 12.4. The zero-order valence-electron chi connectivity index (χ0n) is 9.49. The van der Waals surface area contributed by atoms with Gasteiger partial charge in [-0.25, -0.2) is 5.84 Å². The maximum atomic E-state index is 11.5. The summed E-state index contributed by atoms with van der Waals surface area (Å²) in [6.07, 6.45) is -0.0226. The van der Waals surface area contributed by atoms with Gasteiger partial charge in [-0.05, 0) is 14.1 Å². The molecular weight excluding hydrogens is 225 g/mol. The van der Waals surface area contributed by atoms with Crippen LogP contribution in [-0.2, 0) is 9.36 Å². The lowest BCUT2D eigenvalue weighted by Crippen LogP contribution is -2.32. The summed E-state index contributed by atoms with van der Waals surface area (Å²) in [4.78, 5) is 10.8. The molecular formula is C10H18N3O2P. The molecule has 90 valence electrons. The SMILES string of the molecule is CNC.NNC(=O)C[PH](=O)c1ccccc1. The number of nitrogens with two attached hydrogens (primary N) is 1. The molecule has 16 heavy (non-hydrogen) atoms. The third-order valence-corrected chi connectivity index (χ3v) is 3.20. The van der Waals surface area contributed by atoms with Crippen LogP contribution in [0.2, 0.25) is 0 Å². The third kappa shape index (κ3) is 6.35. The largest absolute Gasteiger partial charge is 0.323 e. The first-order chi connectivity index (χ1) is 7.65. The minimum atomic E-state index is -2.02. The third-order valence-electron chi connectivity index (χ3n) is 1.58. The van der Waals surface area contributed by atoms with E-state index in [4.69, 9.17) is 5.84 Å². The highest BCUT2D eigenvalue weighted by Crippen LogP contribution is 2.18. The second kappa shape index (κ2) is 9.09.